The molecule has 1 fully saturated rings. The second-order valence-corrected chi connectivity index (χ2v) is 28.4. The van der Waals surface area contributed by atoms with Gasteiger partial charge < -0.3 is 134 Å². The number of esters is 1. The number of H-pyrrole nitrogens is 1. The van der Waals surface area contributed by atoms with E-state index in [9.17, 15) is 120 Å². The Labute approximate surface area is 685 Å². The summed E-state index contributed by atoms with van der Waals surface area (Å²) in [4.78, 5) is 169. The summed E-state index contributed by atoms with van der Waals surface area (Å²) in [5.74, 6) is -21.2. The molecule has 1 aromatic heterocycles. The number of aromatic amines is 1. The number of guanidine groups is 1. The highest BCUT2D eigenvalue weighted by Gasteiger charge is 2.41. The van der Waals surface area contributed by atoms with E-state index in [-0.39, 0.29) is 74.2 Å². The Balaban J connectivity index is 1.55. The number of carbonyl (C=O) groups is 10. The zero-order chi connectivity index (χ0) is 88.8. The minimum atomic E-state index is -2.67. The molecule has 120 heavy (non-hydrogen) atoms. The maximum atomic E-state index is 15.3. The van der Waals surface area contributed by atoms with Crippen LogP contribution >= 0.6 is 0 Å². The number of aliphatic imine (C=N–C) groups is 7. The number of aliphatic hydroxyl groups excluding tert-OH is 11. The molecule has 0 bridgehead atoms. The Morgan fingerprint density at radius 1 is 0.633 bits per heavy atom. The molecule has 7 amide bonds. The molecule has 2 aliphatic rings. The number of benzene rings is 3. The van der Waals surface area contributed by atoms with Gasteiger partial charge in [-0.25, -0.2) is 34.7 Å². The topological polar surface area (TPSA) is 723 Å². The SMILES string of the molecule is COC(=O)CC[C@@H]1N=C(O)[C@H](Cc2c[nH]c3ccccc23)N=C(O)[C@H](CC(=O)O)N=C(O)[C@H](CO)N=C(O)[C@@H]2CCCN2C(=O)[C@H](Cc2ccc(O)cc2)N=C(O)[C@@H](NC(=O)[C@H](CCCNC(=N)N)NC(=O)[C@@H](NC(=O)[C@H](C)NC(=O)[C@@H](NC(C)=O)[C@@H](C)O)[C@@H](C)O)CCCCN=C(O)[C@@H](O)[C@@H](C(=O)N[C@@H](Cc2ccc(O)cc2)C(=O)O)N=C1O. The number of hydrogen-bond donors (Lipinski definition) is 25. The van der Waals surface area contributed by atoms with E-state index < -0.39 is 261 Å². The van der Waals surface area contributed by atoms with Crippen molar-refractivity contribution >= 4 is 117 Å². The summed E-state index contributed by atoms with van der Waals surface area (Å²) in [6, 6.07) is -7.17. The molecule has 44 heteroatoms. The first-order valence-electron chi connectivity index (χ1n) is 38.1. The number of nitrogens with two attached hydrogens (primary N) is 1. The summed E-state index contributed by atoms with van der Waals surface area (Å²) in [5.41, 5.74) is 6.92. The predicted molar refractivity (Wildman–Crippen MR) is 432 cm³/mol. The van der Waals surface area contributed by atoms with E-state index in [1.54, 1.807) is 24.3 Å². The highest BCUT2D eigenvalue weighted by molar-refractivity contribution is 6.00. The molecular weight excluding hydrogens is 1580 g/mol. The quantitative estimate of drug-likeness (QED) is 0.0123. The average Bonchev–Trinajstić information content (AvgIpc) is 1.61. The first-order valence-corrected chi connectivity index (χ1v) is 38.1. The van der Waals surface area contributed by atoms with Crippen LogP contribution in [0.2, 0.25) is 0 Å². The number of aliphatic carboxylic acids is 2. The van der Waals surface area contributed by atoms with Crippen molar-refractivity contribution in [2.24, 2.45) is 40.7 Å². The number of para-hydroxylation sites is 1. The normalized spacial score (nSPS) is 21.9. The monoisotopic (exact) mass is 1680 g/mol. The van der Waals surface area contributed by atoms with Gasteiger partial charge in [0.25, 0.3) is 0 Å². The van der Waals surface area contributed by atoms with Crippen molar-refractivity contribution in [3.05, 3.63) is 95.7 Å². The largest absolute Gasteiger partial charge is 0.508 e. The molecular formula is C76H104N18O26. The van der Waals surface area contributed by atoms with Crippen molar-refractivity contribution in [1.82, 2.24) is 47.1 Å². The van der Waals surface area contributed by atoms with Gasteiger partial charge in [-0.05, 0) is 119 Å². The standard InChI is InChI=1S/C76H104N18O26/c1-36(82-70(113)58(37(2)96)83-39(4)98)62(105)92-59(38(3)97)71(114)86-48(15-10-28-80-76(77)78)63(106)84-47-14-8-9-27-79-73(116)61(104)60(72(115)90-53(75(118)119)31-41-19-23-44(100)24-20-41)93-65(108)49(25-26-57(103)120-5)85-66(109)50(32-42-34-81-46-13-7-6-12-45(42)46)87-67(110)51(33-56(101)102)88-68(111)54(35-95)91-69(112)55-16-11-29-94(55)74(117)52(89-64(47)107)30-40-17-21-43(99)22-18-40/h6-7,12-13,17-24,34,36-38,47-55,58-61,81,95-97,99-100,104H,8-11,14-16,25-33,35H2,1-5H3,(H,79,116)(H,82,113)(H,83,98)(H,84,106)(H,85,109)(H,86,114)(H,87,110)(H,88,111)(H,89,107)(H,90,115)(H,91,112)(H,92,105)(H,93,108)(H,101,102)(H,118,119)(H4,77,78,80)/t36-,37+,38+,47-,48-,49-,50-,51-,52-,53-,54-,55-,58-,59-,60-,61-/m0/s1. The maximum Gasteiger partial charge on any atom is 0.326 e. The van der Waals surface area contributed by atoms with E-state index in [4.69, 9.17) is 15.9 Å². The van der Waals surface area contributed by atoms with Crippen molar-refractivity contribution < 1.29 is 129 Å². The fourth-order valence-electron chi connectivity index (χ4n) is 12.6. The second kappa shape index (κ2) is 46.2. The summed E-state index contributed by atoms with van der Waals surface area (Å²) < 4.78 is 4.81. The maximum absolute atomic E-state index is 15.3. The summed E-state index contributed by atoms with van der Waals surface area (Å²) in [5, 5.41) is 194. The number of ether oxygens (including phenoxy) is 1. The van der Waals surface area contributed by atoms with Gasteiger partial charge in [-0.3, -0.25) is 53.6 Å². The van der Waals surface area contributed by atoms with Crippen molar-refractivity contribution in [1.29, 1.82) is 5.41 Å². The van der Waals surface area contributed by atoms with Gasteiger partial charge in [-0.15, -0.1) is 0 Å². The van der Waals surface area contributed by atoms with Gasteiger partial charge in [-0.2, -0.15) is 0 Å². The highest BCUT2D eigenvalue weighted by atomic mass is 16.5. The van der Waals surface area contributed by atoms with Gasteiger partial charge in [-0.1, -0.05) is 42.5 Å². The molecule has 0 spiro atoms. The molecule has 0 saturated carbocycles. The molecule has 3 heterocycles. The van der Waals surface area contributed by atoms with Gasteiger partial charge in [0.05, 0.1) is 32.3 Å². The van der Waals surface area contributed by atoms with Crippen molar-refractivity contribution in [2.45, 2.75) is 208 Å². The molecule has 26 N–H and O–H groups in total. The van der Waals surface area contributed by atoms with Crippen molar-refractivity contribution in [3.63, 3.8) is 0 Å². The lowest BCUT2D eigenvalue weighted by Gasteiger charge is -2.28. The molecule has 1 saturated heterocycles. The van der Waals surface area contributed by atoms with Crippen LogP contribution in [0.3, 0.4) is 0 Å². The van der Waals surface area contributed by atoms with Crippen LogP contribution in [-0.2, 0) is 71.9 Å². The van der Waals surface area contributed by atoms with Crippen LogP contribution in [0.15, 0.2) is 114 Å². The molecule has 0 radical (unpaired) electrons. The van der Waals surface area contributed by atoms with Gasteiger partial charge in [0.1, 0.15) is 78.0 Å². The number of methoxy groups -OCH3 is 1. The molecule has 654 valence electrons. The number of rotatable bonds is 30. The van der Waals surface area contributed by atoms with Crippen LogP contribution in [0.1, 0.15) is 109 Å². The molecule has 4 aromatic rings. The lowest BCUT2D eigenvalue weighted by molar-refractivity contribution is -0.142. The number of aromatic nitrogens is 1. The number of carbonyl (C=O) groups excluding carboxylic acids is 8. The summed E-state index contributed by atoms with van der Waals surface area (Å²) >= 11 is 0. The minimum Gasteiger partial charge on any atom is -0.508 e. The number of aromatic hydroxyl groups is 2. The fourth-order valence-corrected chi connectivity index (χ4v) is 12.6. The zero-order valence-electron chi connectivity index (χ0n) is 66.1. The molecule has 6 rings (SSSR count). The van der Waals surface area contributed by atoms with E-state index in [1.165, 1.54) is 68.6 Å². The lowest BCUT2D eigenvalue weighted by Crippen LogP contribution is -2.61. The fraction of sp³-hybridized carbons (Fsp3) is 0.500. The van der Waals surface area contributed by atoms with Crippen LogP contribution in [0.25, 0.3) is 10.9 Å². The minimum absolute atomic E-state index is 0.0761. The number of nitrogens with one attached hydrogen (secondary N) is 9. The van der Waals surface area contributed by atoms with Gasteiger partial charge in [0, 0.05) is 69.3 Å². The van der Waals surface area contributed by atoms with Crippen molar-refractivity contribution in [3.8, 4) is 11.5 Å². The second-order valence-electron chi connectivity index (χ2n) is 28.4. The average molecular weight is 1690 g/mol. The number of aliphatic hydroxyl groups is 11. The molecule has 3 aromatic carbocycles. The van der Waals surface area contributed by atoms with Gasteiger partial charge in [0.2, 0.25) is 82.6 Å². The Morgan fingerprint density at radius 3 is 1.83 bits per heavy atom. The van der Waals surface area contributed by atoms with Gasteiger partial charge in [0.15, 0.2) is 24.1 Å². The lowest BCUT2D eigenvalue weighted by atomic mass is 10.0. The number of nitrogens with zero attached hydrogens (tertiary/aromatic N) is 8. The number of carboxylic acids is 2. The van der Waals surface area contributed by atoms with E-state index in [1.807, 2.05) is 0 Å². The summed E-state index contributed by atoms with van der Waals surface area (Å²) in [6.07, 6.45) is -9.66. The molecule has 44 nitrogen and oxygen atoms in total. The number of amides is 7. The number of fused-ring (bicyclic) bond motifs is 2. The number of phenolic OH excluding ortho intramolecular Hbond substituents is 2. The highest BCUT2D eigenvalue weighted by Crippen LogP contribution is 2.26. The van der Waals surface area contributed by atoms with Crippen LogP contribution in [-0.4, -0.2) is 323 Å². The third kappa shape index (κ3) is 29.2. The number of phenols is 2. The smallest absolute Gasteiger partial charge is 0.326 e. The van der Waals surface area contributed by atoms with Crippen LogP contribution in [0.4, 0.5) is 0 Å². The Hall–Kier alpha value is -13.1. The first-order chi connectivity index (χ1) is 56.8. The first kappa shape index (κ1) is 95.7. The zero-order valence-corrected chi connectivity index (χ0v) is 66.1. The molecule has 0 unspecified atom stereocenters. The van der Waals surface area contributed by atoms with Crippen LogP contribution in [0.5, 0.6) is 11.5 Å². The third-order valence-corrected chi connectivity index (χ3v) is 19.0. The van der Waals surface area contributed by atoms with E-state index in [2.05, 4.69) is 77.1 Å². The van der Waals surface area contributed by atoms with E-state index in [0.29, 0.717) is 16.5 Å². The van der Waals surface area contributed by atoms with Crippen LogP contribution in [0, 0.1) is 5.41 Å². The van der Waals surface area contributed by atoms with Crippen molar-refractivity contribution in [2.75, 3.05) is 33.4 Å². The number of hydrogen-bond acceptors (Lipinski definition) is 25. The Bertz CT molecular complexity index is 4470. The molecule has 0 aliphatic carbocycles. The summed E-state index contributed by atoms with van der Waals surface area (Å²) in [6.45, 7) is 2.48. The van der Waals surface area contributed by atoms with E-state index >= 15 is 4.79 Å². The Kier molecular flexibility index (Phi) is 36.8. The van der Waals surface area contributed by atoms with Gasteiger partial charge >= 0.3 is 17.9 Å². The Morgan fingerprint density at radius 2 is 1.22 bits per heavy atom. The van der Waals surface area contributed by atoms with Crippen LogP contribution < -0.4 is 43.0 Å². The molecule has 2 aliphatic heterocycles. The molecule has 16 atom stereocenters. The van der Waals surface area contributed by atoms with E-state index in [0.717, 1.165) is 25.9 Å². The number of carboxylic acid groups (broad SMARTS) is 2. The third-order valence-electron chi connectivity index (χ3n) is 19.0. The predicted octanol–water partition coefficient (Wildman–Crippen LogP) is -1.47. The summed E-state index contributed by atoms with van der Waals surface area (Å²) in [7, 11) is 0.993.